The van der Waals surface area contributed by atoms with Gasteiger partial charge in [0.1, 0.15) is 5.01 Å². The lowest BCUT2D eigenvalue weighted by Crippen LogP contribution is -2.37. The minimum absolute atomic E-state index is 0.109. The first kappa shape index (κ1) is 16.0. The lowest BCUT2D eigenvalue weighted by Gasteiger charge is -2.28. The lowest BCUT2D eigenvalue weighted by molar-refractivity contribution is -0.121. The first-order chi connectivity index (χ1) is 12.3. The van der Waals surface area contributed by atoms with Crippen molar-refractivity contribution < 1.29 is 4.79 Å². The van der Waals surface area contributed by atoms with Gasteiger partial charge in [-0.2, -0.15) is 0 Å². The maximum Gasteiger partial charge on any atom is 0.235 e. The predicted octanol–water partition coefficient (Wildman–Crippen LogP) is 5.26. The van der Waals surface area contributed by atoms with Gasteiger partial charge in [0, 0.05) is 22.8 Å². The molecule has 1 fully saturated rings. The van der Waals surface area contributed by atoms with E-state index in [1.807, 2.05) is 47.8 Å². The van der Waals surface area contributed by atoms with Crippen LogP contribution in [0.4, 0.5) is 5.69 Å². The number of nitrogens with zero attached hydrogens (tertiary/aromatic N) is 1. The molecule has 0 saturated heterocycles. The van der Waals surface area contributed by atoms with Gasteiger partial charge in [-0.15, -0.1) is 11.3 Å². The molecule has 1 amide bonds. The highest BCUT2D eigenvalue weighted by Gasteiger charge is 2.42. The summed E-state index contributed by atoms with van der Waals surface area (Å²) in [6, 6.07) is 18.1. The van der Waals surface area contributed by atoms with Crippen LogP contribution in [0.1, 0.15) is 31.2 Å². The molecule has 2 aromatic carbocycles. The molecule has 1 N–H and O–H groups in total. The summed E-state index contributed by atoms with van der Waals surface area (Å²) in [5.74, 6) is 0.109. The van der Waals surface area contributed by atoms with E-state index in [2.05, 4.69) is 22.4 Å². The van der Waals surface area contributed by atoms with Crippen molar-refractivity contribution in [2.24, 2.45) is 0 Å². The van der Waals surface area contributed by atoms with Crippen molar-refractivity contribution in [3.8, 4) is 10.6 Å². The number of thiazole rings is 1. The Bertz CT molecular complexity index is 835. The van der Waals surface area contributed by atoms with Crippen molar-refractivity contribution in [3.63, 3.8) is 0 Å². The predicted molar refractivity (Wildman–Crippen MR) is 103 cm³/mol. The number of anilines is 1. The second-order valence-corrected chi connectivity index (χ2v) is 7.42. The summed E-state index contributed by atoms with van der Waals surface area (Å²) in [5, 5.41) is 6.10. The van der Waals surface area contributed by atoms with E-state index < -0.39 is 5.41 Å². The van der Waals surface area contributed by atoms with Gasteiger partial charge in [0.2, 0.25) is 5.91 Å². The van der Waals surface area contributed by atoms with E-state index in [9.17, 15) is 4.79 Å². The van der Waals surface area contributed by atoms with Crippen LogP contribution in [0.25, 0.3) is 10.6 Å². The second-order valence-electron chi connectivity index (χ2n) is 6.52. The van der Waals surface area contributed by atoms with Crippen molar-refractivity contribution in [2.75, 3.05) is 5.32 Å². The van der Waals surface area contributed by atoms with Crippen molar-refractivity contribution in [1.82, 2.24) is 4.98 Å². The summed E-state index contributed by atoms with van der Waals surface area (Å²) in [7, 11) is 0. The third-order valence-electron chi connectivity index (χ3n) is 5.04. The average molecular weight is 348 g/mol. The van der Waals surface area contributed by atoms with E-state index in [1.165, 1.54) is 0 Å². The Morgan fingerprint density at radius 1 is 1.00 bits per heavy atom. The zero-order valence-electron chi connectivity index (χ0n) is 13.9. The Kier molecular flexibility index (Phi) is 4.36. The van der Waals surface area contributed by atoms with Gasteiger partial charge >= 0.3 is 0 Å². The Morgan fingerprint density at radius 2 is 1.72 bits per heavy atom. The second kappa shape index (κ2) is 6.81. The summed E-state index contributed by atoms with van der Waals surface area (Å²) in [5.41, 5.74) is 2.65. The van der Waals surface area contributed by atoms with Crippen LogP contribution in [0.5, 0.6) is 0 Å². The van der Waals surface area contributed by atoms with Crippen LogP contribution in [-0.4, -0.2) is 10.9 Å². The van der Waals surface area contributed by atoms with E-state index in [4.69, 9.17) is 0 Å². The SMILES string of the molecule is O=C(Nc1ccc(-c2nccs2)cc1)C1(c2ccccc2)CCCC1. The molecule has 0 unspecified atom stereocenters. The van der Waals surface area contributed by atoms with Crippen LogP contribution in [0, 0.1) is 0 Å². The summed E-state index contributed by atoms with van der Waals surface area (Å²) in [6.07, 6.45) is 5.84. The normalized spacial score (nSPS) is 15.8. The summed E-state index contributed by atoms with van der Waals surface area (Å²) in [6.45, 7) is 0. The highest BCUT2D eigenvalue weighted by atomic mass is 32.1. The van der Waals surface area contributed by atoms with E-state index in [0.29, 0.717) is 0 Å². The molecule has 3 nitrogen and oxygen atoms in total. The summed E-state index contributed by atoms with van der Waals surface area (Å²) >= 11 is 1.61. The fourth-order valence-corrected chi connectivity index (χ4v) is 4.34. The molecular formula is C21H20N2OS. The molecule has 1 saturated carbocycles. The van der Waals surface area contributed by atoms with Crippen LogP contribution in [0.15, 0.2) is 66.2 Å². The molecule has 3 aromatic rings. The average Bonchev–Trinajstić information content (AvgIpc) is 3.36. The van der Waals surface area contributed by atoms with Crippen LogP contribution in [0.3, 0.4) is 0 Å². The van der Waals surface area contributed by atoms with Gasteiger partial charge in [-0.25, -0.2) is 4.98 Å². The number of carbonyl (C=O) groups excluding carboxylic acids is 1. The number of nitrogens with one attached hydrogen (secondary N) is 1. The molecule has 1 aliphatic carbocycles. The first-order valence-corrected chi connectivity index (χ1v) is 9.53. The molecular weight excluding hydrogens is 328 g/mol. The highest BCUT2D eigenvalue weighted by molar-refractivity contribution is 7.13. The molecule has 4 rings (SSSR count). The van der Waals surface area contributed by atoms with E-state index in [1.54, 1.807) is 17.5 Å². The van der Waals surface area contributed by atoms with E-state index in [-0.39, 0.29) is 5.91 Å². The zero-order chi connectivity index (χ0) is 17.1. The van der Waals surface area contributed by atoms with Gasteiger partial charge in [-0.1, -0.05) is 43.2 Å². The summed E-state index contributed by atoms with van der Waals surface area (Å²) < 4.78 is 0. The third-order valence-corrected chi connectivity index (χ3v) is 5.86. The largest absolute Gasteiger partial charge is 0.325 e. The molecule has 0 bridgehead atoms. The smallest absolute Gasteiger partial charge is 0.235 e. The number of amides is 1. The lowest BCUT2D eigenvalue weighted by atomic mass is 9.78. The van der Waals surface area contributed by atoms with Crippen LogP contribution >= 0.6 is 11.3 Å². The number of rotatable bonds is 4. The fraction of sp³-hybridized carbons (Fsp3) is 0.238. The van der Waals surface area contributed by atoms with Crippen LogP contribution in [-0.2, 0) is 10.2 Å². The zero-order valence-corrected chi connectivity index (χ0v) is 14.8. The highest BCUT2D eigenvalue weighted by Crippen LogP contribution is 2.42. The summed E-state index contributed by atoms with van der Waals surface area (Å²) in [4.78, 5) is 17.5. The minimum atomic E-state index is -0.394. The molecule has 0 aliphatic heterocycles. The first-order valence-electron chi connectivity index (χ1n) is 8.65. The molecule has 1 heterocycles. The monoisotopic (exact) mass is 348 g/mol. The van der Waals surface area contributed by atoms with E-state index >= 15 is 0 Å². The quantitative estimate of drug-likeness (QED) is 0.699. The molecule has 0 atom stereocenters. The van der Waals surface area contributed by atoms with Gasteiger partial charge in [-0.05, 0) is 42.7 Å². The molecule has 126 valence electrons. The van der Waals surface area contributed by atoms with Crippen molar-refractivity contribution in [3.05, 3.63) is 71.7 Å². The Labute approximate surface area is 151 Å². The van der Waals surface area contributed by atoms with Gasteiger partial charge in [-0.3, -0.25) is 4.79 Å². The Hall–Kier alpha value is -2.46. The molecule has 0 spiro atoms. The maximum absolute atomic E-state index is 13.1. The standard InChI is InChI=1S/C21H20N2OS/c24-20(21(12-4-5-13-21)17-6-2-1-3-7-17)23-18-10-8-16(9-11-18)19-22-14-15-25-19/h1-3,6-11,14-15H,4-5,12-13H2,(H,23,24). The molecule has 0 radical (unpaired) electrons. The minimum Gasteiger partial charge on any atom is -0.325 e. The Morgan fingerprint density at radius 3 is 2.36 bits per heavy atom. The fourth-order valence-electron chi connectivity index (χ4n) is 3.70. The third kappa shape index (κ3) is 3.10. The van der Waals surface area contributed by atoms with Gasteiger partial charge in [0.25, 0.3) is 0 Å². The van der Waals surface area contributed by atoms with Crippen molar-refractivity contribution >= 4 is 22.9 Å². The van der Waals surface area contributed by atoms with Gasteiger partial charge < -0.3 is 5.32 Å². The van der Waals surface area contributed by atoms with Gasteiger partial charge in [0.15, 0.2) is 0 Å². The van der Waals surface area contributed by atoms with Crippen molar-refractivity contribution in [2.45, 2.75) is 31.1 Å². The van der Waals surface area contributed by atoms with E-state index in [0.717, 1.165) is 47.5 Å². The number of carbonyl (C=O) groups is 1. The van der Waals surface area contributed by atoms with Crippen molar-refractivity contribution in [1.29, 1.82) is 0 Å². The molecule has 4 heteroatoms. The molecule has 25 heavy (non-hydrogen) atoms. The number of benzene rings is 2. The number of hydrogen-bond acceptors (Lipinski definition) is 3. The van der Waals surface area contributed by atoms with Gasteiger partial charge in [0.05, 0.1) is 5.41 Å². The topological polar surface area (TPSA) is 42.0 Å². The maximum atomic E-state index is 13.1. The number of aromatic nitrogens is 1. The molecule has 1 aliphatic rings. The Balaban J connectivity index is 1.56. The molecule has 1 aromatic heterocycles. The van der Waals surface area contributed by atoms with Crippen LogP contribution in [0.2, 0.25) is 0 Å². The van der Waals surface area contributed by atoms with Crippen LogP contribution < -0.4 is 5.32 Å². The number of hydrogen-bond donors (Lipinski definition) is 1.